The number of hydrogen-bond donors (Lipinski definition) is 2. The highest BCUT2D eigenvalue weighted by atomic mass is 32.2. The van der Waals surface area contributed by atoms with Crippen LogP contribution in [0.3, 0.4) is 0 Å². The van der Waals surface area contributed by atoms with Crippen molar-refractivity contribution in [1.29, 1.82) is 0 Å². The van der Waals surface area contributed by atoms with E-state index in [0.29, 0.717) is 13.1 Å². The van der Waals surface area contributed by atoms with Gasteiger partial charge in [-0.05, 0) is 26.9 Å². The SMILES string of the molecule is CNCC(C)S(=O)(=O)NCCCN1CCOCC1. The van der Waals surface area contributed by atoms with Crippen molar-refractivity contribution < 1.29 is 13.2 Å². The van der Waals surface area contributed by atoms with Gasteiger partial charge in [-0.25, -0.2) is 13.1 Å². The molecule has 0 spiro atoms. The number of ether oxygens (including phenoxy) is 1. The normalized spacial score (nSPS) is 19.9. The quantitative estimate of drug-likeness (QED) is 0.571. The molecule has 1 fully saturated rings. The first-order valence-electron chi connectivity index (χ1n) is 6.49. The second-order valence-corrected chi connectivity index (χ2v) is 6.80. The molecule has 0 aliphatic carbocycles. The Morgan fingerprint density at radius 3 is 2.61 bits per heavy atom. The van der Waals surface area contributed by atoms with E-state index in [-0.39, 0.29) is 0 Å². The summed E-state index contributed by atoms with van der Waals surface area (Å²) in [5.41, 5.74) is 0. The van der Waals surface area contributed by atoms with Crippen LogP contribution in [-0.4, -0.2) is 71.6 Å². The molecular weight excluding hydrogens is 254 g/mol. The third kappa shape index (κ3) is 5.62. The predicted octanol–water partition coefficient (Wildman–Crippen LogP) is -0.764. The van der Waals surface area contributed by atoms with Crippen LogP contribution in [0.4, 0.5) is 0 Å². The van der Waals surface area contributed by atoms with Crippen molar-refractivity contribution in [3.05, 3.63) is 0 Å². The first kappa shape index (κ1) is 15.8. The minimum atomic E-state index is -3.18. The highest BCUT2D eigenvalue weighted by molar-refractivity contribution is 7.90. The smallest absolute Gasteiger partial charge is 0.215 e. The van der Waals surface area contributed by atoms with Crippen LogP contribution in [0, 0.1) is 0 Å². The van der Waals surface area contributed by atoms with E-state index in [1.165, 1.54) is 0 Å². The predicted molar refractivity (Wildman–Crippen MR) is 72.2 cm³/mol. The standard InChI is InChI=1S/C11H25N3O3S/c1-11(10-12-2)18(15,16)13-4-3-5-14-6-8-17-9-7-14/h11-13H,3-10H2,1-2H3. The summed E-state index contributed by atoms with van der Waals surface area (Å²) in [6.45, 7) is 7.07. The summed E-state index contributed by atoms with van der Waals surface area (Å²) in [6.07, 6.45) is 0.839. The summed E-state index contributed by atoms with van der Waals surface area (Å²) in [7, 11) is -1.43. The fourth-order valence-corrected chi connectivity index (χ4v) is 2.98. The maximum Gasteiger partial charge on any atom is 0.215 e. The molecule has 0 amide bonds. The van der Waals surface area contributed by atoms with Crippen LogP contribution in [0.15, 0.2) is 0 Å². The summed E-state index contributed by atoms with van der Waals surface area (Å²) in [4.78, 5) is 2.30. The van der Waals surface area contributed by atoms with Crippen molar-refractivity contribution in [3.8, 4) is 0 Å². The van der Waals surface area contributed by atoms with Gasteiger partial charge >= 0.3 is 0 Å². The van der Waals surface area contributed by atoms with Gasteiger partial charge in [0.05, 0.1) is 18.5 Å². The van der Waals surface area contributed by atoms with E-state index in [9.17, 15) is 8.42 Å². The zero-order valence-electron chi connectivity index (χ0n) is 11.3. The zero-order valence-corrected chi connectivity index (χ0v) is 12.1. The van der Waals surface area contributed by atoms with Gasteiger partial charge in [-0.3, -0.25) is 4.90 Å². The number of nitrogens with one attached hydrogen (secondary N) is 2. The molecule has 1 rings (SSSR count). The maximum atomic E-state index is 11.8. The fourth-order valence-electron chi connectivity index (χ4n) is 1.88. The summed E-state index contributed by atoms with van der Waals surface area (Å²) >= 11 is 0. The Morgan fingerprint density at radius 2 is 2.00 bits per heavy atom. The summed E-state index contributed by atoms with van der Waals surface area (Å²) in [5, 5.41) is 2.48. The van der Waals surface area contributed by atoms with Crippen LogP contribution in [0.2, 0.25) is 0 Å². The molecule has 0 saturated carbocycles. The van der Waals surface area contributed by atoms with Crippen LogP contribution in [-0.2, 0) is 14.8 Å². The minimum absolute atomic E-state index is 0.397. The Hall–Kier alpha value is -0.210. The van der Waals surface area contributed by atoms with Gasteiger partial charge in [-0.2, -0.15) is 0 Å². The Labute approximate surface area is 110 Å². The molecule has 1 atom stereocenters. The van der Waals surface area contributed by atoms with Crippen molar-refractivity contribution >= 4 is 10.0 Å². The van der Waals surface area contributed by atoms with Crippen LogP contribution < -0.4 is 10.0 Å². The molecule has 0 aromatic rings. The van der Waals surface area contributed by atoms with E-state index in [1.807, 2.05) is 0 Å². The van der Waals surface area contributed by atoms with Crippen LogP contribution >= 0.6 is 0 Å². The first-order valence-corrected chi connectivity index (χ1v) is 8.04. The van der Waals surface area contributed by atoms with Gasteiger partial charge in [0.25, 0.3) is 0 Å². The molecule has 0 bridgehead atoms. The molecule has 1 heterocycles. The molecule has 18 heavy (non-hydrogen) atoms. The molecular formula is C11H25N3O3S. The lowest BCUT2D eigenvalue weighted by Gasteiger charge is -2.26. The van der Waals surface area contributed by atoms with Gasteiger partial charge in [0.1, 0.15) is 0 Å². The number of hydrogen-bond acceptors (Lipinski definition) is 5. The largest absolute Gasteiger partial charge is 0.379 e. The number of rotatable bonds is 8. The van der Waals surface area contributed by atoms with Gasteiger partial charge in [0, 0.05) is 26.2 Å². The van der Waals surface area contributed by atoms with Crippen molar-refractivity contribution in [2.45, 2.75) is 18.6 Å². The monoisotopic (exact) mass is 279 g/mol. The van der Waals surface area contributed by atoms with Crippen molar-refractivity contribution in [3.63, 3.8) is 0 Å². The lowest BCUT2D eigenvalue weighted by molar-refractivity contribution is 0.0376. The molecule has 1 unspecified atom stereocenters. The molecule has 108 valence electrons. The second-order valence-electron chi connectivity index (χ2n) is 4.62. The Bertz CT molecular complexity index is 315. The zero-order chi connectivity index (χ0) is 13.4. The Kier molecular flexibility index (Phi) is 7.10. The second kappa shape index (κ2) is 8.06. The molecule has 0 radical (unpaired) electrons. The topological polar surface area (TPSA) is 70.7 Å². The molecule has 0 aromatic carbocycles. The molecule has 0 aromatic heterocycles. The molecule has 1 aliphatic rings. The molecule has 1 aliphatic heterocycles. The third-order valence-electron chi connectivity index (χ3n) is 3.08. The van der Waals surface area contributed by atoms with E-state index in [1.54, 1.807) is 14.0 Å². The molecule has 2 N–H and O–H groups in total. The highest BCUT2D eigenvalue weighted by Gasteiger charge is 2.19. The van der Waals surface area contributed by atoms with Gasteiger partial charge < -0.3 is 10.1 Å². The summed E-state index contributed by atoms with van der Waals surface area (Å²) < 4.78 is 31.5. The van der Waals surface area contributed by atoms with E-state index in [2.05, 4.69) is 14.9 Å². The first-order chi connectivity index (χ1) is 8.56. The summed E-state index contributed by atoms with van der Waals surface area (Å²) in [5.74, 6) is 0. The van der Waals surface area contributed by atoms with Gasteiger partial charge in [0.2, 0.25) is 10.0 Å². The van der Waals surface area contributed by atoms with Crippen LogP contribution in [0.1, 0.15) is 13.3 Å². The van der Waals surface area contributed by atoms with Gasteiger partial charge in [-0.1, -0.05) is 0 Å². The van der Waals surface area contributed by atoms with Crippen molar-refractivity contribution in [2.75, 3.05) is 53.0 Å². The van der Waals surface area contributed by atoms with Crippen molar-refractivity contribution in [1.82, 2.24) is 14.9 Å². The third-order valence-corrected chi connectivity index (χ3v) is 4.91. The molecule has 6 nitrogen and oxygen atoms in total. The van der Waals surface area contributed by atoms with Gasteiger partial charge in [0.15, 0.2) is 0 Å². The number of morpholine rings is 1. The fraction of sp³-hybridized carbons (Fsp3) is 1.00. The van der Waals surface area contributed by atoms with E-state index in [4.69, 9.17) is 4.74 Å². The maximum absolute atomic E-state index is 11.8. The lowest BCUT2D eigenvalue weighted by Crippen LogP contribution is -2.40. The minimum Gasteiger partial charge on any atom is -0.379 e. The number of sulfonamides is 1. The lowest BCUT2D eigenvalue weighted by atomic mass is 10.3. The average Bonchev–Trinajstić information content (AvgIpc) is 2.36. The van der Waals surface area contributed by atoms with Crippen molar-refractivity contribution in [2.24, 2.45) is 0 Å². The Morgan fingerprint density at radius 1 is 1.33 bits per heavy atom. The van der Waals surface area contributed by atoms with E-state index >= 15 is 0 Å². The van der Waals surface area contributed by atoms with Crippen LogP contribution in [0.25, 0.3) is 0 Å². The Balaban J connectivity index is 2.16. The number of nitrogens with zero attached hydrogens (tertiary/aromatic N) is 1. The average molecular weight is 279 g/mol. The van der Waals surface area contributed by atoms with Crippen LogP contribution in [0.5, 0.6) is 0 Å². The van der Waals surface area contributed by atoms with E-state index < -0.39 is 15.3 Å². The van der Waals surface area contributed by atoms with E-state index in [0.717, 1.165) is 39.3 Å². The van der Waals surface area contributed by atoms with Gasteiger partial charge in [-0.15, -0.1) is 0 Å². The highest BCUT2D eigenvalue weighted by Crippen LogP contribution is 1.99. The molecule has 1 saturated heterocycles. The summed E-state index contributed by atoms with van der Waals surface area (Å²) in [6, 6.07) is 0. The molecule has 7 heteroatoms.